The number of rotatable bonds is 4. The molecule has 1 unspecified atom stereocenters. The molecule has 0 saturated carbocycles. The van der Waals surface area contributed by atoms with Gasteiger partial charge in [-0.3, -0.25) is 4.98 Å². The Hall–Kier alpha value is -1.94. The van der Waals surface area contributed by atoms with Crippen molar-refractivity contribution in [3.8, 4) is 5.75 Å². The van der Waals surface area contributed by atoms with Crippen LogP contribution in [0.2, 0.25) is 0 Å². The Balaban J connectivity index is 2.52. The molecule has 20 heavy (non-hydrogen) atoms. The summed E-state index contributed by atoms with van der Waals surface area (Å²) >= 11 is 0. The molecule has 0 spiro atoms. The first-order chi connectivity index (χ1) is 9.51. The fourth-order valence-electron chi connectivity index (χ4n) is 2.41. The molecule has 0 fully saturated rings. The van der Waals surface area contributed by atoms with Crippen molar-refractivity contribution in [2.24, 2.45) is 5.73 Å². The van der Waals surface area contributed by atoms with E-state index >= 15 is 0 Å². The van der Waals surface area contributed by atoms with Crippen molar-refractivity contribution >= 4 is 0 Å². The average Bonchev–Trinajstić information content (AvgIpc) is 2.47. The second kappa shape index (κ2) is 5.59. The summed E-state index contributed by atoms with van der Waals surface area (Å²) in [6.45, 7) is 3.98. The third-order valence-corrected chi connectivity index (χ3v) is 3.66. The number of halogens is 1. The molecular weight excluding hydrogens is 255 g/mol. The Kier molecular flexibility index (Phi) is 4.04. The highest BCUT2D eigenvalue weighted by molar-refractivity contribution is 5.43. The molecule has 0 bridgehead atoms. The lowest BCUT2D eigenvalue weighted by Gasteiger charge is -2.30. The maximum atomic E-state index is 13.0. The number of hydrogen-bond donors (Lipinski definition) is 1. The van der Waals surface area contributed by atoms with Crippen LogP contribution in [-0.4, -0.2) is 12.1 Å². The van der Waals surface area contributed by atoms with Gasteiger partial charge in [0.2, 0.25) is 0 Å². The third-order valence-electron chi connectivity index (χ3n) is 3.66. The molecule has 106 valence electrons. The number of benzene rings is 1. The van der Waals surface area contributed by atoms with Crippen molar-refractivity contribution in [1.29, 1.82) is 0 Å². The first-order valence-electron chi connectivity index (χ1n) is 6.57. The van der Waals surface area contributed by atoms with Gasteiger partial charge in [-0.15, -0.1) is 0 Å². The lowest BCUT2D eigenvalue weighted by molar-refractivity contribution is 0.413. The number of aromatic nitrogens is 1. The van der Waals surface area contributed by atoms with Crippen LogP contribution >= 0.6 is 0 Å². The van der Waals surface area contributed by atoms with Crippen molar-refractivity contribution in [3.05, 3.63) is 59.2 Å². The summed E-state index contributed by atoms with van der Waals surface area (Å²) in [5.41, 5.74) is 8.49. The van der Waals surface area contributed by atoms with E-state index < -0.39 is 5.54 Å². The SMILES string of the molecule is CCC(N)(c1ccc(F)cn1)c1ccc(OC)cc1C. The van der Waals surface area contributed by atoms with Crippen LogP contribution in [0.3, 0.4) is 0 Å². The summed E-state index contributed by atoms with van der Waals surface area (Å²) < 4.78 is 18.3. The molecule has 1 atom stereocenters. The zero-order valence-electron chi connectivity index (χ0n) is 12.0. The van der Waals surface area contributed by atoms with Crippen LogP contribution in [0.5, 0.6) is 5.75 Å². The minimum absolute atomic E-state index is 0.362. The molecule has 0 aliphatic heterocycles. The molecule has 1 aromatic carbocycles. The Labute approximate surface area is 118 Å². The Morgan fingerprint density at radius 2 is 2.05 bits per heavy atom. The van der Waals surface area contributed by atoms with E-state index in [1.807, 2.05) is 32.0 Å². The quantitative estimate of drug-likeness (QED) is 0.931. The second-order valence-corrected chi connectivity index (χ2v) is 4.87. The predicted octanol–water partition coefficient (Wildman–Crippen LogP) is 3.15. The summed E-state index contributed by atoms with van der Waals surface area (Å²) in [4.78, 5) is 4.15. The lowest BCUT2D eigenvalue weighted by Crippen LogP contribution is -2.38. The van der Waals surface area contributed by atoms with Gasteiger partial charge in [0, 0.05) is 0 Å². The van der Waals surface area contributed by atoms with Gasteiger partial charge in [-0.05, 0) is 48.7 Å². The highest BCUT2D eigenvalue weighted by atomic mass is 19.1. The van der Waals surface area contributed by atoms with E-state index in [1.165, 1.54) is 12.3 Å². The molecule has 0 saturated heterocycles. The molecule has 1 heterocycles. The smallest absolute Gasteiger partial charge is 0.141 e. The van der Waals surface area contributed by atoms with Gasteiger partial charge in [0.1, 0.15) is 11.6 Å². The normalized spacial score (nSPS) is 13.8. The first-order valence-corrected chi connectivity index (χ1v) is 6.57. The van der Waals surface area contributed by atoms with Crippen LogP contribution in [-0.2, 0) is 5.54 Å². The van der Waals surface area contributed by atoms with Crippen molar-refractivity contribution in [2.45, 2.75) is 25.8 Å². The summed E-state index contributed by atoms with van der Waals surface area (Å²) in [5, 5.41) is 0. The van der Waals surface area contributed by atoms with E-state index in [2.05, 4.69) is 4.98 Å². The molecular formula is C16H19FN2O. The fourth-order valence-corrected chi connectivity index (χ4v) is 2.41. The van der Waals surface area contributed by atoms with Crippen LogP contribution < -0.4 is 10.5 Å². The molecule has 2 rings (SSSR count). The van der Waals surface area contributed by atoms with Crippen LogP contribution in [0.4, 0.5) is 4.39 Å². The molecule has 0 amide bonds. The summed E-state index contributed by atoms with van der Waals surface area (Å²) in [7, 11) is 1.63. The maximum Gasteiger partial charge on any atom is 0.141 e. The van der Waals surface area contributed by atoms with Crippen LogP contribution in [0, 0.1) is 12.7 Å². The first kappa shape index (κ1) is 14.5. The largest absolute Gasteiger partial charge is 0.497 e. The van der Waals surface area contributed by atoms with Crippen molar-refractivity contribution < 1.29 is 9.13 Å². The van der Waals surface area contributed by atoms with Crippen LogP contribution in [0.15, 0.2) is 36.5 Å². The monoisotopic (exact) mass is 274 g/mol. The number of nitrogens with two attached hydrogens (primary N) is 1. The predicted molar refractivity (Wildman–Crippen MR) is 77.2 cm³/mol. The van der Waals surface area contributed by atoms with Crippen molar-refractivity contribution in [2.75, 3.05) is 7.11 Å². The number of nitrogens with zero attached hydrogens (tertiary/aromatic N) is 1. The Bertz CT molecular complexity index is 598. The van der Waals surface area contributed by atoms with E-state index in [4.69, 9.17) is 10.5 Å². The molecule has 0 radical (unpaired) electrons. The van der Waals surface area contributed by atoms with Gasteiger partial charge in [0.25, 0.3) is 0 Å². The second-order valence-electron chi connectivity index (χ2n) is 4.87. The molecule has 0 aliphatic rings. The molecule has 4 heteroatoms. The van der Waals surface area contributed by atoms with E-state index in [9.17, 15) is 4.39 Å². The standard InChI is InChI=1S/C16H19FN2O/c1-4-16(18,15-8-5-12(17)10-19-15)14-7-6-13(20-3)9-11(14)2/h5-10H,4,18H2,1-3H3. The van der Waals surface area contributed by atoms with E-state index in [-0.39, 0.29) is 5.82 Å². The molecule has 2 aromatic rings. The third kappa shape index (κ3) is 2.51. The zero-order valence-corrected chi connectivity index (χ0v) is 12.0. The fraction of sp³-hybridized carbons (Fsp3) is 0.312. The van der Waals surface area contributed by atoms with Gasteiger partial charge >= 0.3 is 0 Å². The average molecular weight is 274 g/mol. The van der Waals surface area contributed by atoms with Gasteiger partial charge < -0.3 is 10.5 Å². The van der Waals surface area contributed by atoms with E-state index in [0.29, 0.717) is 12.1 Å². The lowest BCUT2D eigenvalue weighted by atomic mass is 9.82. The van der Waals surface area contributed by atoms with Gasteiger partial charge in [-0.25, -0.2) is 4.39 Å². The maximum absolute atomic E-state index is 13.0. The van der Waals surface area contributed by atoms with E-state index in [1.54, 1.807) is 13.2 Å². The van der Waals surface area contributed by atoms with Gasteiger partial charge in [0.05, 0.1) is 24.5 Å². The molecule has 2 N–H and O–H groups in total. The van der Waals surface area contributed by atoms with Gasteiger partial charge in [-0.2, -0.15) is 0 Å². The summed E-state index contributed by atoms with van der Waals surface area (Å²) in [5.74, 6) is 0.426. The number of methoxy groups -OCH3 is 1. The topological polar surface area (TPSA) is 48.1 Å². The Morgan fingerprint density at radius 3 is 2.55 bits per heavy atom. The highest BCUT2D eigenvalue weighted by Crippen LogP contribution is 2.32. The summed E-state index contributed by atoms with van der Waals surface area (Å²) in [6, 6.07) is 8.79. The number of ether oxygens (including phenoxy) is 1. The molecule has 1 aromatic heterocycles. The number of aryl methyl sites for hydroxylation is 1. The Morgan fingerprint density at radius 1 is 1.30 bits per heavy atom. The van der Waals surface area contributed by atoms with E-state index in [0.717, 1.165) is 16.9 Å². The molecule has 3 nitrogen and oxygen atoms in total. The molecule has 0 aliphatic carbocycles. The minimum atomic E-state index is -0.732. The summed E-state index contributed by atoms with van der Waals surface area (Å²) in [6.07, 6.45) is 1.87. The van der Waals surface area contributed by atoms with Crippen molar-refractivity contribution in [3.63, 3.8) is 0 Å². The minimum Gasteiger partial charge on any atom is -0.497 e. The van der Waals surface area contributed by atoms with Crippen LogP contribution in [0.1, 0.15) is 30.2 Å². The number of hydrogen-bond acceptors (Lipinski definition) is 3. The number of pyridine rings is 1. The van der Waals surface area contributed by atoms with Gasteiger partial charge in [-0.1, -0.05) is 13.0 Å². The zero-order chi connectivity index (χ0) is 14.8. The highest BCUT2D eigenvalue weighted by Gasteiger charge is 2.30. The van der Waals surface area contributed by atoms with Gasteiger partial charge in [0.15, 0.2) is 0 Å². The van der Waals surface area contributed by atoms with Crippen molar-refractivity contribution in [1.82, 2.24) is 4.98 Å². The van der Waals surface area contributed by atoms with Crippen LogP contribution in [0.25, 0.3) is 0 Å².